The van der Waals surface area contributed by atoms with E-state index in [0.29, 0.717) is 10.9 Å². The summed E-state index contributed by atoms with van der Waals surface area (Å²) in [6.45, 7) is 2.06. The van der Waals surface area contributed by atoms with Crippen molar-refractivity contribution in [1.82, 2.24) is 5.01 Å². The topological polar surface area (TPSA) is 134 Å². The molecule has 0 aliphatic carbocycles. The quantitative estimate of drug-likeness (QED) is 0.243. The summed E-state index contributed by atoms with van der Waals surface area (Å²) in [4.78, 5) is 28.0. The number of aliphatic imine (C=N–C) groups is 1. The molecule has 1 aromatic heterocycles. The van der Waals surface area contributed by atoms with Crippen molar-refractivity contribution in [3.63, 3.8) is 0 Å². The lowest BCUT2D eigenvalue weighted by Crippen LogP contribution is -2.35. The van der Waals surface area contributed by atoms with E-state index in [1.807, 2.05) is 30.3 Å². The maximum atomic E-state index is 12.8. The fraction of sp³-hybridized carbons (Fsp3) is 0.154. The van der Waals surface area contributed by atoms with Crippen LogP contribution in [0.3, 0.4) is 0 Å². The van der Waals surface area contributed by atoms with Crippen LogP contribution >= 0.6 is 11.8 Å². The van der Waals surface area contributed by atoms with Crippen molar-refractivity contribution in [2.24, 2.45) is 10.1 Å². The second-order valence-electron chi connectivity index (χ2n) is 8.17. The molecule has 0 radical (unpaired) electrons. The third-order valence-corrected chi connectivity index (χ3v) is 6.98. The lowest BCUT2D eigenvalue weighted by Gasteiger charge is -2.19. The minimum absolute atomic E-state index is 0.00670. The van der Waals surface area contributed by atoms with Crippen LogP contribution in [0.15, 0.2) is 80.7 Å². The number of benzene rings is 2. The maximum Gasteiger partial charge on any atom is 0.284 e. The molecule has 0 fully saturated rings. The fourth-order valence-corrected chi connectivity index (χ4v) is 5.20. The van der Waals surface area contributed by atoms with E-state index in [2.05, 4.69) is 17.0 Å². The molecule has 11 heteroatoms. The lowest BCUT2D eigenvalue weighted by atomic mass is 9.98. The molecule has 1 N–H and O–H groups in total. The van der Waals surface area contributed by atoms with Crippen molar-refractivity contribution in [2.75, 3.05) is 7.11 Å². The van der Waals surface area contributed by atoms with Crippen molar-refractivity contribution in [1.29, 1.82) is 5.41 Å². The van der Waals surface area contributed by atoms with Crippen LogP contribution in [0.4, 0.5) is 5.69 Å². The standard InChI is InChI=1S/C26H21N5O5S/c1-3-18(15-7-5-4-6-8-15)25-29-30-23(27)20(24(32)28-26(30)37-25)13-17-10-12-22(36-17)19-11-9-16(35-2)14-21(19)31(33)34/h4-14,18,27H,3H2,1-2H3/b20-13+,27-23?. The monoisotopic (exact) mass is 515 g/mol. The molecule has 0 saturated heterocycles. The zero-order valence-electron chi connectivity index (χ0n) is 19.9. The van der Waals surface area contributed by atoms with Gasteiger partial charge in [0.1, 0.15) is 22.3 Å². The molecule has 2 aliphatic heterocycles. The number of nitro groups is 1. The van der Waals surface area contributed by atoms with E-state index in [1.54, 1.807) is 18.2 Å². The molecule has 0 spiro atoms. The van der Waals surface area contributed by atoms with Gasteiger partial charge >= 0.3 is 0 Å². The van der Waals surface area contributed by atoms with Gasteiger partial charge in [0, 0.05) is 5.92 Å². The highest BCUT2D eigenvalue weighted by atomic mass is 32.2. The molecule has 0 bridgehead atoms. The number of amidine groups is 2. The molecule has 37 heavy (non-hydrogen) atoms. The van der Waals surface area contributed by atoms with E-state index in [0.717, 1.165) is 17.0 Å². The second-order valence-corrected chi connectivity index (χ2v) is 9.16. The third kappa shape index (κ3) is 4.56. The number of nitrogens with zero attached hydrogens (tertiary/aromatic N) is 4. The number of amides is 1. The Kier molecular flexibility index (Phi) is 6.45. The van der Waals surface area contributed by atoms with Crippen LogP contribution in [0.2, 0.25) is 0 Å². The van der Waals surface area contributed by atoms with Gasteiger partial charge in [0.25, 0.3) is 11.6 Å². The van der Waals surface area contributed by atoms with Gasteiger partial charge in [-0.25, -0.2) is 0 Å². The SMILES string of the molecule is CCC(C1=NN2C(=N)/C(=C\c3ccc(-c4ccc(OC)cc4[N+](=O)[O-])o3)C(=O)N=C2S1)c1ccccc1. The fourth-order valence-electron chi connectivity index (χ4n) is 4.10. The average Bonchev–Trinajstić information content (AvgIpc) is 3.54. The molecular formula is C26H21N5O5S. The van der Waals surface area contributed by atoms with E-state index < -0.39 is 10.8 Å². The number of carbonyl (C=O) groups excluding carboxylic acids is 1. The molecule has 0 saturated carbocycles. The van der Waals surface area contributed by atoms with Crippen LogP contribution in [0, 0.1) is 15.5 Å². The Morgan fingerprint density at radius 1 is 1.22 bits per heavy atom. The van der Waals surface area contributed by atoms with E-state index in [9.17, 15) is 14.9 Å². The summed E-state index contributed by atoms with van der Waals surface area (Å²) in [5.41, 5.74) is 1.19. The first kappa shape index (κ1) is 24.2. The average molecular weight is 516 g/mol. The number of nitro benzene ring substituents is 1. The molecule has 3 aromatic rings. The number of rotatable bonds is 7. The van der Waals surface area contributed by atoms with Crippen LogP contribution < -0.4 is 4.74 Å². The van der Waals surface area contributed by atoms with Crippen molar-refractivity contribution >= 4 is 45.5 Å². The third-order valence-electron chi connectivity index (χ3n) is 5.96. The molecule has 2 aromatic carbocycles. The molecule has 2 aliphatic rings. The van der Waals surface area contributed by atoms with Crippen LogP contribution in [0.25, 0.3) is 17.4 Å². The van der Waals surface area contributed by atoms with Crippen molar-refractivity contribution in [2.45, 2.75) is 19.3 Å². The predicted molar refractivity (Wildman–Crippen MR) is 142 cm³/mol. The highest BCUT2D eigenvalue weighted by molar-refractivity contribution is 8.27. The number of furan rings is 1. The van der Waals surface area contributed by atoms with E-state index in [4.69, 9.17) is 14.6 Å². The van der Waals surface area contributed by atoms with E-state index in [1.165, 1.54) is 42.1 Å². The zero-order valence-corrected chi connectivity index (χ0v) is 20.7. The Hall–Kier alpha value is -4.51. The largest absolute Gasteiger partial charge is 0.497 e. The number of carbonyl (C=O) groups is 1. The number of methoxy groups -OCH3 is 1. The summed E-state index contributed by atoms with van der Waals surface area (Å²) >= 11 is 1.29. The summed E-state index contributed by atoms with van der Waals surface area (Å²) < 4.78 is 10.9. The normalized spacial score (nSPS) is 16.9. The summed E-state index contributed by atoms with van der Waals surface area (Å²) in [7, 11) is 1.43. The van der Waals surface area contributed by atoms with Crippen molar-refractivity contribution in [3.05, 3.63) is 87.7 Å². The zero-order chi connectivity index (χ0) is 26.1. The smallest absolute Gasteiger partial charge is 0.284 e. The predicted octanol–water partition coefficient (Wildman–Crippen LogP) is 5.68. The van der Waals surface area contributed by atoms with Crippen LogP contribution in [-0.4, -0.2) is 39.0 Å². The first-order chi connectivity index (χ1) is 17.9. The first-order valence-corrected chi connectivity index (χ1v) is 12.2. The van der Waals surface area contributed by atoms with Gasteiger partial charge in [-0.05, 0) is 54.1 Å². The van der Waals surface area contributed by atoms with E-state index in [-0.39, 0.29) is 40.1 Å². The molecule has 10 nitrogen and oxygen atoms in total. The lowest BCUT2D eigenvalue weighted by molar-refractivity contribution is -0.384. The van der Waals surface area contributed by atoms with E-state index >= 15 is 0 Å². The molecule has 186 valence electrons. The highest BCUT2D eigenvalue weighted by Crippen LogP contribution is 2.37. The van der Waals surface area contributed by atoms with Gasteiger partial charge < -0.3 is 9.15 Å². The Balaban J connectivity index is 1.44. The summed E-state index contributed by atoms with van der Waals surface area (Å²) in [5.74, 6) is 0.155. The van der Waals surface area contributed by atoms with Gasteiger partial charge in [-0.15, -0.1) is 0 Å². The van der Waals surface area contributed by atoms with Gasteiger partial charge in [-0.1, -0.05) is 37.3 Å². The number of hydrazone groups is 1. The molecule has 3 heterocycles. The van der Waals surface area contributed by atoms with Gasteiger partial charge in [0.15, 0.2) is 5.84 Å². The van der Waals surface area contributed by atoms with Gasteiger partial charge in [0.05, 0.1) is 29.2 Å². The maximum absolute atomic E-state index is 12.8. The minimum Gasteiger partial charge on any atom is -0.497 e. The summed E-state index contributed by atoms with van der Waals surface area (Å²) in [5, 5.41) is 27.3. The molecule has 1 unspecified atom stereocenters. The van der Waals surface area contributed by atoms with Crippen LogP contribution in [-0.2, 0) is 4.79 Å². The van der Waals surface area contributed by atoms with Gasteiger partial charge in [-0.2, -0.15) is 15.1 Å². The number of hydrogen-bond acceptors (Lipinski definition) is 8. The Morgan fingerprint density at radius 3 is 2.70 bits per heavy atom. The van der Waals surface area contributed by atoms with Crippen molar-refractivity contribution in [3.8, 4) is 17.1 Å². The van der Waals surface area contributed by atoms with Crippen molar-refractivity contribution < 1.29 is 18.9 Å². The van der Waals surface area contributed by atoms with Crippen LogP contribution in [0.1, 0.15) is 30.6 Å². The summed E-state index contributed by atoms with van der Waals surface area (Å²) in [6, 6.07) is 17.5. The Morgan fingerprint density at radius 2 is 2.00 bits per heavy atom. The number of hydrogen-bond donors (Lipinski definition) is 1. The molecule has 5 rings (SSSR count). The van der Waals surface area contributed by atoms with Gasteiger partial charge in [-0.3, -0.25) is 20.3 Å². The molecule has 1 amide bonds. The first-order valence-electron chi connectivity index (χ1n) is 11.4. The minimum atomic E-state index is -0.582. The van der Waals surface area contributed by atoms with Crippen LogP contribution in [0.5, 0.6) is 5.75 Å². The Bertz CT molecular complexity index is 1510. The summed E-state index contributed by atoms with van der Waals surface area (Å²) in [6.07, 6.45) is 2.20. The van der Waals surface area contributed by atoms with Gasteiger partial charge in [0.2, 0.25) is 5.17 Å². The number of fused-ring (bicyclic) bond motifs is 1. The second kappa shape index (κ2) is 9.86. The molecular weight excluding hydrogens is 494 g/mol. The highest BCUT2D eigenvalue weighted by Gasteiger charge is 2.38. The number of ether oxygens (including phenoxy) is 1. The molecule has 1 atom stereocenters. The number of nitrogens with one attached hydrogen (secondary N) is 1. The number of thioether (sulfide) groups is 1. The Labute approximate surface area is 216 Å².